The van der Waals surface area contributed by atoms with Crippen molar-refractivity contribution in [2.75, 3.05) is 13.7 Å². The van der Waals surface area contributed by atoms with Crippen LogP contribution in [0.15, 0.2) is 30.3 Å². The Bertz CT molecular complexity index is 494. The first-order valence-corrected chi connectivity index (χ1v) is 6.99. The first kappa shape index (κ1) is 14.3. The number of benzene rings is 1. The molecule has 5 atom stereocenters. The van der Waals surface area contributed by atoms with Gasteiger partial charge in [-0.15, -0.1) is 0 Å². The van der Waals surface area contributed by atoms with Crippen LogP contribution in [0.1, 0.15) is 5.56 Å². The SMILES string of the molecule is COC(C(Cc1ccccc1)OC(N)=O)[C@H]1OC[C@H]2O[C@H]12. The van der Waals surface area contributed by atoms with Crippen molar-refractivity contribution < 1.29 is 23.7 Å². The summed E-state index contributed by atoms with van der Waals surface area (Å²) in [6, 6.07) is 9.74. The molecule has 6 heteroatoms. The van der Waals surface area contributed by atoms with Crippen molar-refractivity contribution in [3.05, 3.63) is 35.9 Å². The van der Waals surface area contributed by atoms with Gasteiger partial charge in [-0.05, 0) is 5.56 Å². The van der Waals surface area contributed by atoms with Crippen molar-refractivity contribution in [1.29, 1.82) is 0 Å². The summed E-state index contributed by atoms with van der Waals surface area (Å²) in [6.45, 7) is 0.559. The van der Waals surface area contributed by atoms with Gasteiger partial charge in [0.1, 0.15) is 30.5 Å². The number of carbonyl (C=O) groups excluding carboxylic acids is 1. The summed E-state index contributed by atoms with van der Waals surface area (Å²) < 4.78 is 22.0. The van der Waals surface area contributed by atoms with Crippen LogP contribution in [0.3, 0.4) is 0 Å². The molecule has 0 aliphatic carbocycles. The van der Waals surface area contributed by atoms with Gasteiger partial charge >= 0.3 is 6.09 Å². The molecule has 2 fully saturated rings. The Morgan fingerprint density at radius 3 is 2.71 bits per heavy atom. The fourth-order valence-electron chi connectivity index (χ4n) is 2.88. The molecule has 0 bridgehead atoms. The number of primary amides is 1. The van der Waals surface area contributed by atoms with Crippen LogP contribution >= 0.6 is 0 Å². The quantitative estimate of drug-likeness (QED) is 0.787. The van der Waals surface area contributed by atoms with E-state index in [4.69, 9.17) is 24.7 Å². The largest absolute Gasteiger partial charge is 0.443 e. The average Bonchev–Trinajstić information content (AvgIpc) is 3.14. The molecule has 2 aliphatic rings. The lowest BCUT2D eigenvalue weighted by Gasteiger charge is -2.29. The van der Waals surface area contributed by atoms with Gasteiger partial charge in [0, 0.05) is 13.5 Å². The summed E-state index contributed by atoms with van der Waals surface area (Å²) in [6.07, 6.45) is -1.27. The van der Waals surface area contributed by atoms with E-state index in [0.29, 0.717) is 13.0 Å². The third-order valence-electron chi connectivity index (χ3n) is 3.91. The number of fused-ring (bicyclic) bond motifs is 1. The maximum absolute atomic E-state index is 11.2. The molecule has 0 radical (unpaired) electrons. The Kier molecular flexibility index (Phi) is 4.10. The molecule has 2 aliphatic heterocycles. The van der Waals surface area contributed by atoms with Gasteiger partial charge in [-0.25, -0.2) is 4.79 Å². The predicted octanol–water partition coefficient (Wildman–Crippen LogP) is 0.874. The Labute approximate surface area is 123 Å². The molecule has 6 nitrogen and oxygen atoms in total. The number of nitrogens with two attached hydrogens (primary N) is 1. The molecule has 1 aromatic carbocycles. The van der Waals surface area contributed by atoms with Crippen LogP contribution in [0.5, 0.6) is 0 Å². The number of rotatable bonds is 6. The molecule has 0 saturated carbocycles. The van der Waals surface area contributed by atoms with E-state index in [9.17, 15) is 4.79 Å². The predicted molar refractivity (Wildman–Crippen MR) is 73.8 cm³/mol. The summed E-state index contributed by atoms with van der Waals surface area (Å²) in [7, 11) is 1.58. The fourth-order valence-corrected chi connectivity index (χ4v) is 2.88. The lowest BCUT2D eigenvalue weighted by Crippen LogP contribution is -2.46. The molecule has 0 spiro atoms. The highest BCUT2D eigenvalue weighted by Crippen LogP contribution is 2.37. The first-order chi connectivity index (χ1) is 10.2. The normalized spacial score (nSPS) is 29.5. The summed E-state index contributed by atoms with van der Waals surface area (Å²) in [5.41, 5.74) is 6.23. The minimum atomic E-state index is -0.816. The first-order valence-electron chi connectivity index (χ1n) is 6.99. The van der Waals surface area contributed by atoms with Crippen LogP contribution in [0.25, 0.3) is 0 Å². The third kappa shape index (κ3) is 3.18. The van der Waals surface area contributed by atoms with Crippen LogP contribution in [0, 0.1) is 0 Å². The van der Waals surface area contributed by atoms with Gasteiger partial charge in [0.2, 0.25) is 0 Å². The van der Waals surface area contributed by atoms with Gasteiger partial charge in [-0.3, -0.25) is 0 Å². The van der Waals surface area contributed by atoms with E-state index in [1.807, 2.05) is 30.3 Å². The molecule has 2 heterocycles. The van der Waals surface area contributed by atoms with E-state index >= 15 is 0 Å². The average molecular weight is 293 g/mol. The second kappa shape index (κ2) is 6.01. The van der Waals surface area contributed by atoms with Crippen LogP contribution in [0.4, 0.5) is 4.79 Å². The molecule has 2 N–H and O–H groups in total. The van der Waals surface area contributed by atoms with Gasteiger partial charge < -0.3 is 24.7 Å². The highest BCUT2D eigenvalue weighted by atomic mass is 16.7. The Morgan fingerprint density at radius 2 is 2.19 bits per heavy atom. The highest BCUT2D eigenvalue weighted by Gasteiger charge is 2.56. The van der Waals surface area contributed by atoms with Crippen LogP contribution < -0.4 is 5.73 Å². The maximum Gasteiger partial charge on any atom is 0.404 e. The monoisotopic (exact) mass is 293 g/mol. The van der Waals surface area contributed by atoms with Crippen molar-refractivity contribution in [3.8, 4) is 0 Å². The van der Waals surface area contributed by atoms with E-state index in [-0.39, 0.29) is 18.3 Å². The van der Waals surface area contributed by atoms with Crippen LogP contribution in [-0.4, -0.2) is 50.3 Å². The van der Waals surface area contributed by atoms with Crippen molar-refractivity contribution in [1.82, 2.24) is 0 Å². The van der Waals surface area contributed by atoms with Crippen LogP contribution in [0.2, 0.25) is 0 Å². The van der Waals surface area contributed by atoms with Crippen molar-refractivity contribution in [2.45, 2.75) is 36.9 Å². The zero-order valence-electron chi connectivity index (χ0n) is 11.8. The molecule has 1 amide bonds. The topological polar surface area (TPSA) is 83.3 Å². The summed E-state index contributed by atoms with van der Waals surface area (Å²) in [5, 5.41) is 0. The maximum atomic E-state index is 11.2. The number of amides is 1. The van der Waals surface area contributed by atoms with Crippen molar-refractivity contribution in [3.63, 3.8) is 0 Å². The number of methoxy groups -OCH3 is 1. The Hall–Kier alpha value is -1.63. The molecule has 0 aromatic heterocycles. The van der Waals surface area contributed by atoms with E-state index in [1.54, 1.807) is 7.11 Å². The van der Waals surface area contributed by atoms with Gasteiger partial charge in [0.25, 0.3) is 0 Å². The second-order valence-corrected chi connectivity index (χ2v) is 5.30. The smallest absolute Gasteiger partial charge is 0.404 e. The molecule has 21 heavy (non-hydrogen) atoms. The van der Waals surface area contributed by atoms with E-state index < -0.39 is 18.3 Å². The number of hydrogen-bond donors (Lipinski definition) is 1. The van der Waals surface area contributed by atoms with Crippen LogP contribution in [-0.2, 0) is 25.4 Å². The summed E-state index contributed by atoms with van der Waals surface area (Å²) in [5.74, 6) is 0. The third-order valence-corrected chi connectivity index (χ3v) is 3.91. The molecule has 2 saturated heterocycles. The molecule has 3 rings (SSSR count). The summed E-state index contributed by atoms with van der Waals surface area (Å²) in [4.78, 5) is 11.2. The van der Waals surface area contributed by atoms with Crippen molar-refractivity contribution >= 4 is 6.09 Å². The lowest BCUT2D eigenvalue weighted by molar-refractivity contribution is -0.112. The van der Waals surface area contributed by atoms with Gasteiger partial charge in [0.05, 0.1) is 6.61 Å². The molecular weight excluding hydrogens is 274 g/mol. The number of hydrogen-bond acceptors (Lipinski definition) is 5. The zero-order chi connectivity index (χ0) is 14.8. The van der Waals surface area contributed by atoms with E-state index in [2.05, 4.69) is 0 Å². The number of epoxide rings is 1. The minimum absolute atomic E-state index is 0.0321. The summed E-state index contributed by atoms with van der Waals surface area (Å²) >= 11 is 0. The van der Waals surface area contributed by atoms with Gasteiger partial charge in [0.15, 0.2) is 0 Å². The van der Waals surface area contributed by atoms with Gasteiger partial charge in [-0.1, -0.05) is 30.3 Å². The zero-order valence-corrected chi connectivity index (χ0v) is 11.8. The van der Waals surface area contributed by atoms with E-state index in [0.717, 1.165) is 5.56 Å². The Balaban J connectivity index is 1.74. The van der Waals surface area contributed by atoms with Crippen molar-refractivity contribution in [2.24, 2.45) is 5.73 Å². The minimum Gasteiger partial charge on any atom is -0.443 e. The second-order valence-electron chi connectivity index (χ2n) is 5.30. The lowest BCUT2D eigenvalue weighted by atomic mass is 9.98. The standard InChI is InChI=1S/C15H19NO5/c1-18-12(14-13-11(20-13)8-19-14)10(21-15(16)17)7-9-5-3-2-4-6-9/h2-6,10-14H,7-8H2,1H3,(H2,16,17)/t10?,11-,12?,13+,14-/m1/s1. The number of ether oxygens (including phenoxy) is 4. The molecule has 2 unspecified atom stereocenters. The highest BCUT2D eigenvalue weighted by molar-refractivity contribution is 5.64. The molecular formula is C15H19NO5. The molecule has 1 aromatic rings. The fraction of sp³-hybridized carbons (Fsp3) is 0.533. The Morgan fingerprint density at radius 1 is 1.43 bits per heavy atom. The number of carbonyl (C=O) groups is 1. The van der Waals surface area contributed by atoms with E-state index in [1.165, 1.54) is 0 Å². The van der Waals surface area contributed by atoms with Gasteiger partial charge in [-0.2, -0.15) is 0 Å². The molecule has 114 valence electrons.